The van der Waals surface area contributed by atoms with Crippen LogP contribution in [0.5, 0.6) is 0 Å². The summed E-state index contributed by atoms with van der Waals surface area (Å²) in [5.74, 6) is 0.181. The molecule has 2 N–H and O–H groups in total. The fourth-order valence-electron chi connectivity index (χ4n) is 3.24. The monoisotopic (exact) mass is 453 g/mol. The van der Waals surface area contributed by atoms with Crippen molar-refractivity contribution in [2.24, 2.45) is 0 Å². The first-order valence-electron chi connectivity index (χ1n) is 10.5. The summed E-state index contributed by atoms with van der Waals surface area (Å²) in [7, 11) is 0. The van der Waals surface area contributed by atoms with Gasteiger partial charge in [-0.05, 0) is 53.1 Å². The van der Waals surface area contributed by atoms with Crippen molar-refractivity contribution in [2.45, 2.75) is 10.8 Å². The molecule has 0 radical (unpaired) electrons. The Hall–Kier alpha value is -3.90. The molecule has 33 heavy (non-hydrogen) atoms. The van der Waals surface area contributed by atoms with Crippen LogP contribution in [0.4, 0.5) is 5.69 Å². The average Bonchev–Trinajstić information content (AvgIpc) is 2.87. The van der Waals surface area contributed by atoms with Gasteiger partial charge in [-0.25, -0.2) is 4.98 Å². The lowest BCUT2D eigenvalue weighted by Gasteiger charge is -2.09. The first kappa shape index (κ1) is 22.3. The predicted molar refractivity (Wildman–Crippen MR) is 133 cm³/mol. The lowest BCUT2D eigenvalue weighted by molar-refractivity contribution is -0.115. The number of aromatic nitrogens is 1. The molecule has 164 valence electrons. The van der Waals surface area contributed by atoms with Gasteiger partial charge in [-0.2, -0.15) is 0 Å². The number of benzene rings is 3. The summed E-state index contributed by atoms with van der Waals surface area (Å²) < 4.78 is 0. The van der Waals surface area contributed by atoms with Crippen molar-refractivity contribution in [1.29, 1.82) is 0 Å². The molecular formula is C27H23N3O2S. The maximum atomic E-state index is 12.4. The molecule has 5 nitrogen and oxygen atoms in total. The normalized spacial score (nSPS) is 10.4. The second kappa shape index (κ2) is 11.1. The molecule has 6 heteroatoms. The number of nitrogens with one attached hydrogen (secondary N) is 2. The van der Waals surface area contributed by atoms with Crippen LogP contribution in [0.2, 0.25) is 0 Å². The third-order valence-electron chi connectivity index (χ3n) is 4.90. The predicted octanol–water partition coefficient (Wildman–Crippen LogP) is 5.41. The molecular weight excluding hydrogens is 430 g/mol. The van der Waals surface area contributed by atoms with Crippen LogP contribution in [0.1, 0.15) is 15.9 Å². The number of hydrogen-bond donors (Lipinski definition) is 2. The molecule has 0 atom stereocenters. The average molecular weight is 454 g/mol. The lowest BCUT2D eigenvalue weighted by atomic mass is 10.0. The largest absolute Gasteiger partial charge is 0.343 e. The number of nitrogens with zero attached hydrogens (tertiary/aromatic N) is 1. The molecule has 0 bridgehead atoms. The first-order chi connectivity index (χ1) is 16.2. The van der Waals surface area contributed by atoms with Crippen molar-refractivity contribution in [3.8, 4) is 11.1 Å². The number of amides is 2. The van der Waals surface area contributed by atoms with E-state index in [2.05, 4.69) is 15.6 Å². The van der Waals surface area contributed by atoms with Gasteiger partial charge in [-0.3, -0.25) is 9.59 Å². The summed E-state index contributed by atoms with van der Waals surface area (Å²) in [5.41, 5.74) is 4.40. The third-order valence-corrected chi connectivity index (χ3v) is 5.91. The minimum absolute atomic E-state index is 0.105. The van der Waals surface area contributed by atoms with Crippen molar-refractivity contribution >= 4 is 29.3 Å². The molecule has 1 heterocycles. The fraction of sp³-hybridized carbons (Fsp3) is 0.0741. The maximum absolute atomic E-state index is 12.4. The van der Waals surface area contributed by atoms with Crippen LogP contribution in [0.3, 0.4) is 0 Å². The van der Waals surface area contributed by atoms with Crippen LogP contribution >= 0.6 is 11.8 Å². The summed E-state index contributed by atoms with van der Waals surface area (Å²) in [4.78, 5) is 29.1. The Kier molecular flexibility index (Phi) is 7.51. The van der Waals surface area contributed by atoms with Crippen LogP contribution in [-0.2, 0) is 10.5 Å². The fourth-order valence-corrected chi connectivity index (χ4v) is 4.05. The van der Waals surface area contributed by atoms with Gasteiger partial charge in [0.05, 0.1) is 11.6 Å². The number of thioether (sulfide) groups is 1. The highest BCUT2D eigenvalue weighted by atomic mass is 32.2. The van der Waals surface area contributed by atoms with Gasteiger partial charge in [0.15, 0.2) is 0 Å². The van der Waals surface area contributed by atoms with Gasteiger partial charge in [0, 0.05) is 23.2 Å². The Labute approximate surface area is 197 Å². The quantitative estimate of drug-likeness (QED) is 0.350. The molecule has 1 aromatic heterocycles. The summed E-state index contributed by atoms with van der Waals surface area (Å²) >= 11 is 1.63. The van der Waals surface area contributed by atoms with Crippen LogP contribution in [-0.4, -0.2) is 23.3 Å². The zero-order valence-corrected chi connectivity index (χ0v) is 18.7. The summed E-state index contributed by atoms with van der Waals surface area (Å²) in [6.45, 7) is -0.105. The van der Waals surface area contributed by atoms with Gasteiger partial charge in [0.1, 0.15) is 0 Å². The van der Waals surface area contributed by atoms with E-state index in [0.717, 1.165) is 27.5 Å². The van der Waals surface area contributed by atoms with E-state index in [-0.39, 0.29) is 18.4 Å². The highest BCUT2D eigenvalue weighted by Crippen LogP contribution is 2.22. The molecule has 0 aliphatic carbocycles. The molecule has 0 aliphatic rings. The SMILES string of the molecule is O=C(CNC(=O)c1ccc(-c2ccccc2)cc1)Nc1cccc(CSc2ccccn2)c1. The van der Waals surface area contributed by atoms with Gasteiger partial charge in [0.25, 0.3) is 5.91 Å². The minimum atomic E-state index is -0.287. The Bertz CT molecular complexity index is 1210. The Morgan fingerprint density at radius 3 is 2.30 bits per heavy atom. The van der Waals surface area contributed by atoms with Gasteiger partial charge < -0.3 is 10.6 Å². The number of carbonyl (C=O) groups excluding carboxylic acids is 2. The third kappa shape index (κ3) is 6.54. The van der Waals surface area contributed by atoms with Gasteiger partial charge in [0.2, 0.25) is 5.91 Å². The number of carbonyl (C=O) groups is 2. The van der Waals surface area contributed by atoms with Crippen LogP contribution in [0.15, 0.2) is 108 Å². The Morgan fingerprint density at radius 2 is 1.55 bits per heavy atom. The summed E-state index contributed by atoms with van der Waals surface area (Å²) in [6.07, 6.45) is 1.77. The highest BCUT2D eigenvalue weighted by Gasteiger charge is 2.09. The van der Waals surface area contributed by atoms with Crippen LogP contribution in [0, 0.1) is 0 Å². The van der Waals surface area contributed by atoms with E-state index >= 15 is 0 Å². The smallest absolute Gasteiger partial charge is 0.251 e. The van der Waals surface area contributed by atoms with E-state index in [9.17, 15) is 9.59 Å². The van der Waals surface area contributed by atoms with E-state index < -0.39 is 0 Å². The number of hydrogen-bond acceptors (Lipinski definition) is 4. The molecule has 4 rings (SSSR count). The molecule has 0 saturated heterocycles. The van der Waals surface area contributed by atoms with E-state index in [0.29, 0.717) is 11.3 Å². The van der Waals surface area contributed by atoms with Crippen molar-refractivity contribution in [2.75, 3.05) is 11.9 Å². The molecule has 0 unspecified atom stereocenters. The van der Waals surface area contributed by atoms with Crippen molar-refractivity contribution in [3.63, 3.8) is 0 Å². The highest BCUT2D eigenvalue weighted by molar-refractivity contribution is 7.98. The molecule has 0 aliphatic heterocycles. The van der Waals surface area contributed by atoms with Crippen molar-refractivity contribution in [3.05, 3.63) is 114 Å². The number of anilines is 1. The minimum Gasteiger partial charge on any atom is -0.343 e. The molecule has 0 saturated carbocycles. The molecule has 3 aromatic carbocycles. The van der Waals surface area contributed by atoms with E-state index in [1.54, 1.807) is 30.1 Å². The lowest BCUT2D eigenvalue weighted by Crippen LogP contribution is -2.32. The van der Waals surface area contributed by atoms with E-state index in [1.165, 1.54) is 0 Å². The van der Waals surface area contributed by atoms with Crippen LogP contribution in [0.25, 0.3) is 11.1 Å². The van der Waals surface area contributed by atoms with Gasteiger partial charge in [-0.1, -0.05) is 60.7 Å². The summed E-state index contributed by atoms with van der Waals surface area (Å²) in [5, 5.41) is 6.47. The molecule has 4 aromatic rings. The number of rotatable bonds is 8. The first-order valence-corrected chi connectivity index (χ1v) is 11.5. The Balaban J connectivity index is 1.27. The molecule has 0 spiro atoms. The van der Waals surface area contributed by atoms with Gasteiger partial charge >= 0.3 is 0 Å². The topological polar surface area (TPSA) is 71.1 Å². The van der Waals surface area contributed by atoms with Crippen molar-refractivity contribution < 1.29 is 9.59 Å². The maximum Gasteiger partial charge on any atom is 0.251 e. The zero-order chi connectivity index (χ0) is 22.9. The standard InChI is InChI=1S/C27H23N3O2S/c31-25(30-24-10-6-7-20(17-24)19-33-26-11-4-5-16-28-26)18-29-27(32)23-14-12-22(13-15-23)21-8-2-1-3-9-21/h1-17H,18-19H2,(H,29,32)(H,30,31). The number of pyridine rings is 1. The van der Waals surface area contributed by atoms with E-state index in [1.807, 2.05) is 84.9 Å². The molecule has 0 fully saturated rings. The molecule has 2 amide bonds. The second-order valence-corrected chi connectivity index (χ2v) is 8.33. The van der Waals surface area contributed by atoms with Crippen LogP contribution < -0.4 is 10.6 Å². The summed E-state index contributed by atoms with van der Waals surface area (Å²) in [6, 6.07) is 30.8. The van der Waals surface area contributed by atoms with E-state index in [4.69, 9.17) is 0 Å². The van der Waals surface area contributed by atoms with Crippen molar-refractivity contribution in [1.82, 2.24) is 10.3 Å². The Morgan fingerprint density at radius 1 is 0.788 bits per heavy atom. The zero-order valence-electron chi connectivity index (χ0n) is 17.9. The van der Waals surface area contributed by atoms with Gasteiger partial charge in [-0.15, -0.1) is 11.8 Å². The second-order valence-electron chi connectivity index (χ2n) is 7.33.